The Morgan fingerprint density at radius 3 is 2.36 bits per heavy atom. The van der Waals surface area contributed by atoms with E-state index in [1.54, 1.807) is 23.9 Å². The first kappa shape index (κ1) is 52.6. The molecule has 0 bridgehead atoms. The second kappa shape index (κ2) is 24.7. The van der Waals surface area contributed by atoms with Gasteiger partial charge in [-0.15, -0.1) is 24.2 Å². The summed E-state index contributed by atoms with van der Waals surface area (Å²) in [4.78, 5) is 35.8. The zero-order chi connectivity index (χ0) is 47.5. The van der Waals surface area contributed by atoms with Crippen molar-refractivity contribution in [3.63, 3.8) is 0 Å². The minimum absolute atomic E-state index is 0. The summed E-state index contributed by atoms with van der Waals surface area (Å²) >= 11 is 7.95. The van der Waals surface area contributed by atoms with Gasteiger partial charge in [-0.3, -0.25) is 19.8 Å². The highest BCUT2D eigenvalue weighted by Gasteiger charge is 2.35. The van der Waals surface area contributed by atoms with Crippen LogP contribution in [0, 0.1) is 15.5 Å². The first-order chi connectivity index (χ1) is 32.9. The number of nitro groups is 1. The number of piperazine rings is 2. The number of sulfonamides is 1. The lowest BCUT2D eigenvalue weighted by Gasteiger charge is -2.43. The number of amides is 1. The van der Waals surface area contributed by atoms with Gasteiger partial charge in [0.15, 0.2) is 0 Å². The van der Waals surface area contributed by atoms with Crippen LogP contribution in [-0.4, -0.2) is 144 Å². The van der Waals surface area contributed by atoms with Crippen molar-refractivity contribution in [3.05, 3.63) is 129 Å². The van der Waals surface area contributed by atoms with Crippen LogP contribution >= 0.6 is 35.8 Å². The molecule has 1 unspecified atom stereocenters. The number of hydrogen-bond acceptors (Lipinski definition) is 13. The molecular weight excluding hydrogens is 956 g/mol. The molecule has 4 aliphatic rings. The quantitative estimate of drug-likeness (QED) is 0.0500. The maximum Gasteiger partial charge on any atom is 0.293 e. The van der Waals surface area contributed by atoms with Gasteiger partial charge in [-0.1, -0.05) is 54.4 Å². The van der Waals surface area contributed by atoms with Crippen LogP contribution in [0.2, 0.25) is 5.02 Å². The molecule has 0 saturated carbocycles. The molecule has 372 valence electrons. The monoisotopic (exact) mass is 1020 g/mol. The van der Waals surface area contributed by atoms with Crippen LogP contribution in [0.4, 0.5) is 17.1 Å². The minimum atomic E-state index is -4.46. The highest BCUT2D eigenvalue weighted by molar-refractivity contribution is 7.99. The molecule has 69 heavy (non-hydrogen) atoms. The van der Waals surface area contributed by atoms with E-state index in [1.807, 2.05) is 54.6 Å². The van der Waals surface area contributed by atoms with Crippen molar-refractivity contribution in [3.8, 4) is 0 Å². The van der Waals surface area contributed by atoms with E-state index in [9.17, 15) is 23.3 Å². The number of hydrogen-bond donors (Lipinski definition) is 3. The highest BCUT2D eigenvalue weighted by atomic mass is 35.5. The third-order valence-corrected chi connectivity index (χ3v) is 16.5. The number of anilines is 2. The van der Waals surface area contributed by atoms with Crippen molar-refractivity contribution in [2.24, 2.45) is 5.41 Å². The number of halogens is 2. The SMILES string of the molecule is C[C@@]1(CN2CCNCC2)CCC(c2ccc(Cl)cc2)=C(CN2CCN(c3ccc(C(=O)NS(=O)(=O)c4ccc(NC(CCN5CCCOCC5)CSc5ccccc5)c([N+](=O)[O-])c4)cc3)CC2)C1.Cl. The number of carbonyl (C=O) groups is 1. The summed E-state index contributed by atoms with van der Waals surface area (Å²) in [7, 11) is -4.46. The van der Waals surface area contributed by atoms with E-state index in [4.69, 9.17) is 16.3 Å². The summed E-state index contributed by atoms with van der Waals surface area (Å²) in [5.41, 5.74) is 5.40. The average molecular weight is 1020 g/mol. The van der Waals surface area contributed by atoms with Crippen LogP contribution in [0.3, 0.4) is 0 Å². The zero-order valence-electron chi connectivity index (χ0n) is 39.5. The second-order valence-electron chi connectivity index (χ2n) is 18.8. The van der Waals surface area contributed by atoms with Gasteiger partial charge >= 0.3 is 0 Å². The van der Waals surface area contributed by atoms with Gasteiger partial charge in [0.05, 0.1) is 16.4 Å². The Labute approximate surface area is 423 Å². The molecule has 3 aliphatic heterocycles. The Hall–Kier alpha value is -4.23. The second-order valence-corrected chi connectivity index (χ2v) is 22.1. The fourth-order valence-electron chi connectivity index (χ4n) is 9.95. The maximum absolute atomic E-state index is 13.6. The fourth-order valence-corrected chi connectivity index (χ4v) is 12.1. The Balaban J connectivity index is 0.00000703. The Bertz CT molecular complexity index is 2470. The highest BCUT2D eigenvalue weighted by Crippen LogP contribution is 2.44. The van der Waals surface area contributed by atoms with Gasteiger partial charge in [-0.2, -0.15) is 0 Å². The molecule has 0 aromatic heterocycles. The normalized spacial score (nSPS) is 20.4. The largest absolute Gasteiger partial charge is 0.380 e. The maximum atomic E-state index is 13.6. The summed E-state index contributed by atoms with van der Waals surface area (Å²) in [6.07, 6.45) is 4.94. The van der Waals surface area contributed by atoms with Crippen LogP contribution in [0.25, 0.3) is 5.57 Å². The first-order valence-corrected chi connectivity index (χ1v) is 26.8. The zero-order valence-corrected chi connectivity index (χ0v) is 42.7. The van der Waals surface area contributed by atoms with E-state index in [0.717, 1.165) is 139 Å². The summed E-state index contributed by atoms with van der Waals surface area (Å²) in [5.74, 6) is -0.178. The summed E-state index contributed by atoms with van der Waals surface area (Å²) < 4.78 is 35.0. The molecule has 3 saturated heterocycles. The van der Waals surface area contributed by atoms with Gasteiger partial charge in [-0.25, -0.2) is 13.1 Å². The molecular formula is C51H66Cl2N8O6S2. The van der Waals surface area contributed by atoms with Crippen molar-refractivity contribution in [1.29, 1.82) is 0 Å². The van der Waals surface area contributed by atoms with E-state index in [2.05, 4.69) is 54.0 Å². The van der Waals surface area contributed by atoms with E-state index >= 15 is 0 Å². The lowest BCUT2D eigenvalue weighted by Crippen LogP contribution is -2.49. The van der Waals surface area contributed by atoms with Gasteiger partial charge in [0.25, 0.3) is 21.6 Å². The number of nitrogens with one attached hydrogen (secondary N) is 3. The summed E-state index contributed by atoms with van der Waals surface area (Å²) in [6, 6.07) is 28.8. The van der Waals surface area contributed by atoms with Crippen LogP contribution in [0.1, 0.15) is 54.9 Å². The molecule has 1 amide bonds. The number of nitro benzene ring substituents is 1. The molecule has 3 heterocycles. The van der Waals surface area contributed by atoms with Gasteiger partial charge in [0.2, 0.25) is 0 Å². The predicted octanol–water partition coefficient (Wildman–Crippen LogP) is 8.15. The van der Waals surface area contributed by atoms with Crippen molar-refractivity contribution in [1.82, 2.24) is 24.7 Å². The Kier molecular flexibility index (Phi) is 18.9. The molecule has 4 aromatic rings. The molecule has 0 spiro atoms. The number of nitrogens with zero attached hydrogens (tertiary/aromatic N) is 5. The summed E-state index contributed by atoms with van der Waals surface area (Å²) in [6.45, 7) is 16.1. The minimum Gasteiger partial charge on any atom is -0.380 e. The van der Waals surface area contributed by atoms with Crippen LogP contribution in [0.15, 0.2) is 112 Å². The van der Waals surface area contributed by atoms with E-state index < -0.39 is 20.9 Å². The summed E-state index contributed by atoms with van der Waals surface area (Å²) in [5, 5.41) is 20.0. The van der Waals surface area contributed by atoms with Gasteiger partial charge in [0.1, 0.15) is 5.69 Å². The van der Waals surface area contributed by atoms with Gasteiger partial charge < -0.3 is 30.1 Å². The van der Waals surface area contributed by atoms with Crippen molar-refractivity contribution >= 4 is 74.3 Å². The van der Waals surface area contributed by atoms with Crippen molar-refractivity contribution in [2.75, 3.05) is 114 Å². The Morgan fingerprint density at radius 1 is 0.899 bits per heavy atom. The number of carbonyl (C=O) groups excluding carboxylic acids is 1. The number of thioether (sulfide) groups is 1. The molecule has 8 rings (SSSR count). The fraction of sp³-hybridized carbons (Fsp3) is 0.471. The number of rotatable bonds is 18. The van der Waals surface area contributed by atoms with E-state index in [0.29, 0.717) is 18.8 Å². The molecule has 1 aliphatic carbocycles. The molecule has 3 N–H and O–H groups in total. The van der Waals surface area contributed by atoms with Gasteiger partial charge in [-0.05, 0) is 109 Å². The molecule has 4 aromatic carbocycles. The standard InChI is InChI=1S/C51H65ClN8O6S2.ClH/c1-51(38-58-25-21-53-22-26-58)20-18-47(39-8-12-42(52)13-9-39)41(35-51)36-57-27-29-59(30-28-57)44-14-10-40(11-15-44)50(61)55-68(64,65)46-16-17-48(49(34-46)60(62)63)54-43(37-67-45-6-3-2-4-7-45)19-24-56-23-5-32-66-33-31-56;/h2-4,6-17,34,43,53-54H,5,18-33,35-38H2,1H3,(H,55,61);1H/t43?,51-;/m1./s1. The van der Waals surface area contributed by atoms with E-state index in [-0.39, 0.29) is 45.7 Å². The lowest BCUT2D eigenvalue weighted by atomic mass is 9.71. The van der Waals surface area contributed by atoms with Crippen molar-refractivity contribution in [2.45, 2.75) is 54.9 Å². The van der Waals surface area contributed by atoms with Gasteiger partial charge in [0, 0.05) is 131 Å². The van der Waals surface area contributed by atoms with Crippen LogP contribution in [-0.2, 0) is 14.8 Å². The Morgan fingerprint density at radius 2 is 1.64 bits per heavy atom. The number of allylic oxidation sites excluding steroid dienone is 1. The lowest BCUT2D eigenvalue weighted by molar-refractivity contribution is -0.384. The molecule has 3 fully saturated rings. The van der Waals surface area contributed by atoms with Crippen molar-refractivity contribution < 1.29 is 22.9 Å². The molecule has 0 radical (unpaired) electrons. The van der Waals surface area contributed by atoms with E-state index in [1.165, 1.54) is 28.8 Å². The first-order valence-electron chi connectivity index (χ1n) is 24.0. The third-order valence-electron chi connectivity index (χ3n) is 13.7. The van der Waals surface area contributed by atoms with Crippen LogP contribution in [0.5, 0.6) is 0 Å². The number of benzene rings is 4. The topological polar surface area (TPSA) is 153 Å². The van der Waals surface area contributed by atoms with Crippen LogP contribution < -0.4 is 20.3 Å². The number of ether oxygens (including phenoxy) is 1. The molecule has 14 nitrogen and oxygen atoms in total. The third kappa shape index (κ3) is 14.7. The smallest absolute Gasteiger partial charge is 0.293 e. The predicted molar refractivity (Wildman–Crippen MR) is 281 cm³/mol. The molecule has 2 atom stereocenters. The average Bonchev–Trinajstić information content (AvgIpc) is 3.63. The molecule has 18 heteroatoms.